The summed E-state index contributed by atoms with van der Waals surface area (Å²) in [6.07, 6.45) is 0.386. The molecule has 2 N–H and O–H groups in total. The van der Waals surface area contributed by atoms with Crippen LogP contribution < -0.4 is 10.6 Å². The van der Waals surface area contributed by atoms with Crippen LogP contribution in [0.25, 0.3) is 11.1 Å². The summed E-state index contributed by atoms with van der Waals surface area (Å²) >= 11 is 18.3. The fourth-order valence-electron chi connectivity index (χ4n) is 3.98. The molecular weight excluding hydrogens is 465 g/mol. The molecule has 3 aromatic carbocycles. The van der Waals surface area contributed by atoms with Crippen LogP contribution >= 0.6 is 34.8 Å². The molecule has 0 aliphatic carbocycles. The summed E-state index contributed by atoms with van der Waals surface area (Å²) in [6.45, 7) is 2.75. The normalized spacial score (nSPS) is 15.0. The number of carbonyl (C=O) groups is 1. The van der Waals surface area contributed by atoms with Crippen molar-refractivity contribution in [1.82, 2.24) is 4.90 Å². The van der Waals surface area contributed by atoms with E-state index in [1.165, 1.54) is 0 Å². The lowest BCUT2D eigenvalue weighted by atomic mass is 10.0. The van der Waals surface area contributed by atoms with E-state index < -0.39 is 6.04 Å². The van der Waals surface area contributed by atoms with Crippen molar-refractivity contribution in [3.05, 3.63) is 87.4 Å². The minimum absolute atomic E-state index is 0.0525. The van der Waals surface area contributed by atoms with Gasteiger partial charge in [0.2, 0.25) is 5.91 Å². The maximum absolute atomic E-state index is 12.9. The minimum atomic E-state index is -0.633. The quantitative estimate of drug-likeness (QED) is 0.513. The predicted octanol–water partition coefficient (Wildman–Crippen LogP) is 5.53. The van der Waals surface area contributed by atoms with E-state index in [2.05, 4.69) is 35.2 Å². The summed E-state index contributed by atoms with van der Waals surface area (Å²) < 4.78 is 0. The molecule has 3 aromatic rings. The lowest BCUT2D eigenvalue weighted by Crippen LogP contribution is -2.53. The average molecular weight is 489 g/mol. The number of halogens is 3. The van der Waals surface area contributed by atoms with Crippen LogP contribution in [0.1, 0.15) is 5.56 Å². The van der Waals surface area contributed by atoms with E-state index in [9.17, 15) is 4.79 Å². The Morgan fingerprint density at radius 1 is 0.844 bits per heavy atom. The third kappa shape index (κ3) is 5.38. The fourth-order valence-corrected chi connectivity index (χ4v) is 4.66. The van der Waals surface area contributed by atoms with Gasteiger partial charge in [-0.25, -0.2) is 0 Å². The van der Waals surface area contributed by atoms with Gasteiger partial charge in [0.25, 0.3) is 0 Å². The van der Waals surface area contributed by atoms with Crippen LogP contribution in [0, 0.1) is 0 Å². The van der Waals surface area contributed by atoms with E-state index >= 15 is 0 Å². The van der Waals surface area contributed by atoms with Gasteiger partial charge in [-0.1, -0.05) is 65.1 Å². The van der Waals surface area contributed by atoms with Crippen LogP contribution in [-0.2, 0) is 11.2 Å². The molecule has 0 saturated carbocycles. The maximum atomic E-state index is 12.9. The van der Waals surface area contributed by atoms with E-state index in [1.54, 1.807) is 12.1 Å². The van der Waals surface area contributed by atoms with Crippen LogP contribution in [0.3, 0.4) is 0 Å². The van der Waals surface area contributed by atoms with E-state index in [0.29, 0.717) is 29.6 Å². The van der Waals surface area contributed by atoms with Crippen molar-refractivity contribution in [2.75, 3.05) is 31.1 Å². The monoisotopic (exact) mass is 487 g/mol. The molecule has 1 aliphatic heterocycles. The van der Waals surface area contributed by atoms with Gasteiger partial charge >= 0.3 is 0 Å². The summed E-state index contributed by atoms with van der Waals surface area (Å²) in [6, 6.07) is 20.9. The van der Waals surface area contributed by atoms with Crippen LogP contribution in [0.2, 0.25) is 15.1 Å². The summed E-state index contributed by atoms with van der Waals surface area (Å²) in [5.41, 5.74) is 10.4. The molecule has 0 bridgehead atoms. The highest BCUT2D eigenvalue weighted by Crippen LogP contribution is 2.27. The molecule has 1 atom stereocenters. The zero-order valence-corrected chi connectivity index (χ0v) is 19.7. The van der Waals surface area contributed by atoms with Crippen LogP contribution in [0.5, 0.6) is 0 Å². The van der Waals surface area contributed by atoms with E-state index in [0.717, 1.165) is 40.5 Å². The fraction of sp³-hybridized carbons (Fsp3) is 0.240. The molecule has 1 unspecified atom stereocenters. The van der Waals surface area contributed by atoms with Gasteiger partial charge in [-0.2, -0.15) is 0 Å². The van der Waals surface area contributed by atoms with Crippen molar-refractivity contribution in [3.8, 4) is 11.1 Å². The average Bonchev–Trinajstić information content (AvgIpc) is 2.80. The Labute approximate surface area is 203 Å². The summed E-state index contributed by atoms with van der Waals surface area (Å²) in [4.78, 5) is 17.0. The number of piperazine rings is 1. The van der Waals surface area contributed by atoms with Crippen LogP contribution in [0.15, 0.2) is 66.7 Å². The zero-order valence-electron chi connectivity index (χ0n) is 17.5. The van der Waals surface area contributed by atoms with Gasteiger partial charge in [0.1, 0.15) is 0 Å². The first-order chi connectivity index (χ1) is 15.4. The third-order valence-electron chi connectivity index (χ3n) is 5.73. The summed E-state index contributed by atoms with van der Waals surface area (Å²) in [5, 5.41) is 1.82. The number of rotatable bonds is 5. The second kappa shape index (κ2) is 10.1. The van der Waals surface area contributed by atoms with Gasteiger partial charge < -0.3 is 15.5 Å². The highest BCUT2D eigenvalue weighted by atomic mass is 35.5. The Balaban J connectivity index is 1.37. The van der Waals surface area contributed by atoms with E-state index in [1.807, 2.05) is 29.2 Å². The van der Waals surface area contributed by atoms with Crippen LogP contribution in [0.4, 0.5) is 5.69 Å². The lowest BCUT2D eigenvalue weighted by Gasteiger charge is -2.37. The molecular formula is C25H24Cl3N3O. The van der Waals surface area contributed by atoms with E-state index in [4.69, 9.17) is 40.5 Å². The highest BCUT2D eigenvalue weighted by molar-refractivity contribution is 6.35. The predicted molar refractivity (Wildman–Crippen MR) is 134 cm³/mol. The molecule has 4 nitrogen and oxygen atoms in total. The number of nitrogens with zero attached hydrogens (tertiary/aromatic N) is 2. The van der Waals surface area contributed by atoms with Gasteiger partial charge in [0.15, 0.2) is 0 Å². The third-order valence-corrected chi connectivity index (χ3v) is 6.55. The lowest BCUT2D eigenvalue weighted by molar-refractivity contribution is -0.132. The number of benzene rings is 3. The molecule has 1 aliphatic rings. The number of nitrogens with two attached hydrogens (primary N) is 1. The Hall–Kier alpha value is -2.24. The van der Waals surface area contributed by atoms with Gasteiger partial charge in [-0.3, -0.25) is 4.79 Å². The van der Waals surface area contributed by atoms with Gasteiger partial charge in [-0.05, 0) is 59.5 Å². The van der Waals surface area contributed by atoms with Gasteiger partial charge in [0, 0.05) is 46.9 Å². The molecule has 1 amide bonds. The van der Waals surface area contributed by atoms with Crippen molar-refractivity contribution in [3.63, 3.8) is 0 Å². The van der Waals surface area contributed by atoms with Crippen molar-refractivity contribution >= 4 is 46.4 Å². The molecule has 0 aromatic heterocycles. The molecule has 166 valence electrons. The first-order valence-electron chi connectivity index (χ1n) is 10.5. The van der Waals surface area contributed by atoms with Gasteiger partial charge in [-0.15, -0.1) is 0 Å². The first kappa shape index (κ1) is 22.9. The Morgan fingerprint density at radius 2 is 1.50 bits per heavy atom. The largest absolute Gasteiger partial charge is 0.368 e. The molecule has 1 fully saturated rings. The van der Waals surface area contributed by atoms with Crippen molar-refractivity contribution in [2.24, 2.45) is 5.73 Å². The maximum Gasteiger partial charge on any atom is 0.239 e. The Kier molecular flexibility index (Phi) is 7.27. The zero-order chi connectivity index (χ0) is 22.7. The minimum Gasteiger partial charge on any atom is -0.368 e. The van der Waals surface area contributed by atoms with Crippen molar-refractivity contribution in [1.29, 1.82) is 0 Å². The number of hydrogen-bond acceptors (Lipinski definition) is 3. The molecule has 7 heteroatoms. The van der Waals surface area contributed by atoms with E-state index in [-0.39, 0.29) is 5.91 Å². The van der Waals surface area contributed by atoms with Crippen molar-refractivity contribution in [2.45, 2.75) is 12.5 Å². The molecule has 4 rings (SSSR count). The Morgan fingerprint density at radius 3 is 2.19 bits per heavy atom. The summed E-state index contributed by atoms with van der Waals surface area (Å²) in [7, 11) is 0. The summed E-state index contributed by atoms with van der Waals surface area (Å²) in [5.74, 6) is -0.0525. The smallest absolute Gasteiger partial charge is 0.239 e. The number of hydrogen-bond donors (Lipinski definition) is 1. The molecule has 32 heavy (non-hydrogen) atoms. The first-order valence-corrected chi connectivity index (χ1v) is 11.6. The second-order valence-electron chi connectivity index (χ2n) is 7.92. The molecule has 1 saturated heterocycles. The molecule has 0 spiro atoms. The molecule has 0 radical (unpaired) electrons. The standard InChI is InChI=1S/C25H24Cl3N3O/c26-20-5-1-3-17(13-20)18-4-2-6-22(14-18)30-9-11-31(12-10-30)25(32)24(29)15-19-7-8-21(27)16-23(19)28/h1-8,13-14,16,24H,9-12,15,29H2. The second-order valence-corrected chi connectivity index (χ2v) is 9.20. The topological polar surface area (TPSA) is 49.6 Å². The Bertz CT molecular complexity index is 1110. The SMILES string of the molecule is NC(Cc1ccc(Cl)cc1Cl)C(=O)N1CCN(c2cccc(-c3cccc(Cl)c3)c2)CC1. The number of anilines is 1. The highest BCUT2D eigenvalue weighted by Gasteiger charge is 2.26. The number of amides is 1. The van der Waals surface area contributed by atoms with Crippen molar-refractivity contribution < 1.29 is 4.79 Å². The number of carbonyl (C=O) groups excluding carboxylic acids is 1. The molecule has 1 heterocycles. The van der Waals surface area contributed by atoms with Gasteiger partial charge in [0.05, 0.1) is 6.04 Å². The van der Waals surface area contributed by atoms with Crippen LogP contribution in [-0.4, -0.2) is 43.0 Å².